The molecule has 0 heterocycles. The van der Waals surface area contributed by atoms with Gasteiger partial charge in [-0.3, -0.25) is 0 Å². The molecular weight excluding hydrogens is 191 g/mol. The molecule has 0 aliphatic carbocycles. The lowest BCUT2D eigenvalue weighted by Gasteiger charge is -2.03. The Kier molecular flexibility index (Phi) is 7.54. The van der Waals surface area contributed by atoms with Gasteiger partial charge in [0.2, 0.25) is 0 Å². The first kappa shape index (κ1) is 14.7. The Bertz CT molecular complexity index is 147. The lowest BCUT2D eigenvalue weighted by Crippen LogP contribution is -2.21. The van der Waals surface area contributed by atoms with E-state index in [1.807, 2.05) is 19.0 Å². The zero-order chi connectivity index (χ0) is 11.1. The number of carboxylic acids is 1. The van der Waals surface area contributed by atoms with Gasteiger partial charge in [-0.2, -0.15) is 13.2 Å². The van der Waals surface area contributed by atoms with E-state index in [4.69, 9.17) is 15.0 Å². The fourth-order valence-corrected chi connectivity index (χ4v) is 0.200. The fraction of sp³-hybridized carbons (Fsp3) is 0.833. The smallest absolute Gasteiger partial charge is 0.475 e. The van der Waals surface area contributed by atoms with Crippen molar-refractivity contribution < 1.29 is 28.2 Å². The number of hydrogen-bond donors (Lipinski definition) is 2. The first-order valence-electron chi connectivity index (χ1n) is 3.27. The van der Waals surface area contributed by atoms with Gasteiger partial charge in [0.1, 0.15) is 0 Å². The van der Waals surface area contributed by atoms with E-state index in [2.05, 4.69) is 0 Å². The third kappa shape index (κ3) is 14.1. The SMILES string of the molecule is CN(C)CCO.O=C(O)C(F)(F)F. The molecule has 0 aromatic carbocycles. The summed E-state index contributed by atoms with van der Waals surface area (Å²) in [5, 5.41) is 15.3. The van der Waals surface area contributed by atoms with Crippen molar-refractivity contribution in [3.63, 3.8) is 0 Å². The number of aliphatic hydroxyl groups excluding tert-OH is 1. The molecule has 2 N–H and O–H groups in total. The molecule has 0 aliphatic heterocycles. The third-order valence-electron chi connectivity index (χ3n) is 0.790. The number of rotatable bonds is 2. The molecule has 0 fully saturated rings. The number of hydrogen-bond acceptors (Lipinski definition) is 3. The standard InChI is InChI=1S/C4H11NO.C2HF3O2/c1-5(2)3-4-6;3-2(4,5)1(6)7/h6H,3-4H2,1-2H3;(H,6,7). The van der Waals surface area contributed by atoms with Crippen molar-refractivity contribution in [2.75, 3.05) is 27.2 Å². The molecule has 4 nitrogen and oxygen atoms in total. The molecule has 0 spiro atoms. The van der Waals surface area contributed by atoms with Crippen LogP contribution in [-0.4, -0.2) is 54.5 Å². The minimum atomic E-state index is -5.08. The van der Waals surface area contributed by atoms with Gasteiger partial charge >= 0.3 is 12.1 Å². The molecule has 80 valence electrons. The molecule has 0 aromatic heterocycles. The summed E-state index contributed by atoms with van der Waals surface area (Å²) in [6.45, 7) is 1.02. The molecule has 0 rings (SSSR count). The number of aliphatic carboxylic acids is 1. The van der Waals surface area contributed by atoms with E-state index in [9.17, 15) is 13.2 Å². The highest BCUT2D eigenvalue weighted by Gasteiger charge is 2.38. The number of likely N-dealkylation sites (N-methyl/N-ethyl adjacent to an activating group) is 1. The van der Waals surface area contributed by atoms with Crippen molar-refractivity contribution >= 4 is 5.97 Å². The fourth-order valence-electron chi connectivity index (χ4n) is 0.200. The van der Waals surface area contributed by atoms with Crippen LogP contribution in [0.5, 0.6) is 0 Å². The van der Waals surface area contributed by atoms with Gasteiger partial charge in [0.05, 0.1) is 6.61 Å². The molecule has 0 unspecified atom stereocenters. The molecule has 0 aromatic rings. The highest BCUT2D eigenvalue weighted by Crippen LogP contribution is 2.13. The molecule has 0 saturated heterocycles. The van der Waals surface area contributed by atoms with Gasteiger partial charge in [-0.05, 0) is 14.1 Å². The van der Waals surface area contributed by atoms with E-state index in [0.29, 0.717) is 0 Å². The zero-order valence-corrected chi connectivity index (χ0v) is 7.30. The quantitative estimate of drug-likeness (QED) is 0.671. The van der Waals surface area contributed by atoms with Crippen LogP contribution in [0.3, 0.4) is 0 Å². The Morgan fingerprint density at radius 2 is 1.69 bits per heavy atom. The average Bonchev–Trinajstić information content (AvgIpc) is 1.85. The summed E-state index contributed by atoms with van der Waals surface area (Å²) in [7, 11) is 3.85. The topological polar surface area (TPSA) is 60.8 Å². The van der Waals surface area contributed by atoms with Crippen molar-refractivity contribution in [2.45, 2.75) is 6.18 Å². The average molecular weight is 203 g/mol. The van der Waals surface area contributed by atoms with Crippen molar-refractivity contribution in [3.8, 4) is 0 Å². The number of carbonyl (C=O) groups is 1. The van der Waals surface area contributed by atoms with Crippen LogP contribution in [0.2, 0.25) is 0 Å². The molecule has 0 amide bonds. The van der Waals surface area contributed by atoms with Crippen LogP contribution < -0.4 is 0 Å². The van der Waals surface area contributed by atoms with E-state index >= 15 is 0 Å². The maximum atomic E-state index is 10.6. The summed E-state index contributed by atoms with van der Waals surface area (Å²) in [4.78, 5) is 10.8. The maximum absolute atomic E-state index is 10.6. The lowest BCUT2D eigenvalue weighted by molar-refractivity contribution is -0.192. The van der Waals surface area contributed by atoms with Crippen LogP contribution in [0.4, 0.5) is 13.2 Å². The van der Waals surface area contributed by atoms with E-state index in [1.54, 1.807) is 0 Å². The normalized spacial score (nSPS) is 10.7. The predicted octanol–water partition coefficient (Wildman–Crippen LogP) is 0.174. The van der Waals surface area contributed by atoms with Crippen molar-refractivity contribution in [1.82, 2.24) is 4.90 Å². The van der Waals surface area contributed by atoms with E-state index < -0.39 is 12.1 Å². The molecular formula is C6H12F3NO3. The van der Waals surface area contributed by atoms with Crippen LogP contribution >= 0.6 is 0 Å². The van der Waals surface area contributed by atoms with Gasteiger partial charge in [-0.25, -0.2) is 4.79 Å². The van der Waals surface area contributed by atoms with Gasteiger partial charge in [0.25, 0.3) is 0 Å². The molecule has 0 bridgehead atoms. The van der Waals surface area contributed by atoms with E-state index in [0.717, 1.165) is 6.54 Å². The van der Waals surface area contributed by atoms with Crippen LogP contribution in [0.15, 0.2) is 0 Å². The number of halogens is 3. The number of carboxylic acid groups (broad SMARTS) is 1. The van der Waals surface area contributed by atoms with Crippen molar-refractivity contribution in [2.24, 2.45) is 0 Å². The Morgan fingerprint density at radius 1 is 1.38 bits per heavy atom. The second kappa shape index (κ2) is 6.67. The number of alkyl halides is 3. The van der Waals surface area contributed by atoms with Crippen molar-refractivity contribution in [3.05, 3.63) is 0 Å². The second-order valence-corrected chi connectivity index (χ2v) is 2.33. The summed E-state index contributed by atoms with van der Waals surface area (Å²) in [6, 6.07) is 0. The molecule has 0 atom stereocenters. The summed E-state index contributed by atoms with van der Waals surface area (Å²) < 4.78 is 31.7. The van der Waals surface area contributed by atoms with Gasteiger partial charge in [-0.15, -0.1) is 0 Å². The van der Waals surface area contributed by atoms with E-state index in [1.165, 1.54) is 0 Å². The lowest BCUT2D eigenvalue weighted by atomic mass is 10.6. The molecule has 0 radical (unpaired) electrons. The first-order chi connectivity index (χ1) is 5.71. The monoisotopic (exact) mass is 203 g/mol. The Labute approximate surface area is 73.6 Å². The molecule has 0 aliphatic rings. The minimum Gasteiger partial charge on any atom is -0.475 e. The summed E-state index contributed by atoms with van der Waals surface area (Å²) in [6.07, 6.45) is -5.08. The zero-order valence-electron chi connectivity index (χ0n) is 7.30. The number of nitrogens with zero attached hydrogens (tertiary/aromatic N) is 1. The van der Waals surface area contributed by atoms with Crippen molar-refractivity contribution in [1.29, 1.82) is 0 Å². The van der Waals surface area contributed by atoms with Gasteiger partial charge in [-0.1, -0.05) is 0 Å². The third-order valence-corrected chi connectivity index (χ3v) is 0.790. The maximum Gasteiger partial charge on any atom is 0.490 e. The van der Waals surface area contributed by atoms with Crippen LogP contribution in [-0.2, 0) is 4.79 Å². The Hall–Kier alpha value is -0.820. The van der Waals surface area contributed by atoms with Gasteiger partial charge < -0.3 is 15.1 Å². The van der Waals surface area contributed by atoms with Crippen LogP contribution in [0.25, 0.3) is 0 Å². The summed E-state index contributed by atoms with van der Waals surface area (Å²) in [5.74, 6) is -2.76. The molecule has 7 heteroatoms. The van der Waals surface area contributed by atoms with Gasteiger partial charge in [0.15, 0.2) is 0 Å². The van der Waals surface area contributed by atoms with Crippen LogP contribution in [0, 0.1) is 0 Å². The predicted molar refractivity (Wildman–Crippen MR) is 39.3 cm³/mol. The highest BCUT2D eigenvalue weighted by molar-refractivity contribution is 5.73. The molecule has 0 saturated carbocycles. The Morgan fingerprint density at radius 3 is 1.69 bits per heavy atom. The van der Waals surface area contributed by atoms with Crippen LogP contribution in [0.1, 0.15) is 0 Å². The first-order valence-corrected chi connectivity index (χ1v) is 3.27. The second-order valence-electron chi connectivity index (χ2n) is 2.33. The highest BCUT2D eigenvalue weighted by atomic mass is 19.4. The largest absolute Gasteiger partial charge is 0.490 e. The molecule has 13 heavy (non-hydrogen) atoms. The minimum absolute atomic E-state index is 0.257. The Balaban J connectivity index is 0. The summed E-state index contributed by atoms with van der Waals surface area (Å²) in [5.41, 5.74) is 0. The number of aliphatic hydroxyl groups is 1. The van der Waals surface area contributed by atoms with Gasteiger partial charge in [0, 0.05) is 6.54 Å². The summed E-state index contributed by atoms with van der Waals surface area (Å²) >= 11 is 0. The van der Waals surface area contributed by atoms with E-state index in [-0.39, 0.29) is 6.61 Å².